The number of alkyl carbamates (subject to hydrolysis) is 1. The molecule has 0 saturated heterocycles. The van der Waals surface area contributed by atoms with Crippen LogP contribution in [0.25, 0.3) is 0 Å². The van der Waals surface area contributed by atoms with Gasteiger partial charge < -0.3 is 15.4 Å². The van der Waals surface area contributed by atoms with Crippen LogP contribution in [0.3, 0.4) is 0 Å². The molecule has 3 aromatic rings. The third-order valence-electron chi connectivity index (χ3n) is 6.46. The van der Waals surface area contributed by atoms with Crippen molar-refractivity contribution in [1.29, 1.82) is 0 Å². The first-order valence-electron chi connectivity index (χ1n) is 13.4. The highest BCUT2D eigenvalue weighted by Gasteiger charge is 2.30. The number of benzene rings is 3. The van der Waals surface area contributed by atoms with Gasteiger partial charge in [0.05, 0.1) is 0 Å². The van der Waals surface area contributed by atoms with Gasteiger partial charge in [-0.25, -0.2) is 4.79 Å². The fraction of sp³-hybridized carbons (Fsp3) is 0.375. The monoisotopic (exact) mass is 532 g/mol. The molecule has 6 heteroatoms. The number of hydrogen-bond acceptors (Lipinski definition) is 3. The fourth-order valence-corrected chi connectivity index (χ4v) is 6.85. The minimum atomic E-state index is -0.751. The standard InChI is InChI=1S/C32H41N2O3P/c1-6-24(2)29(23-38(26-18-12-8-13-19-26)27-20-14-9-15-21-27)33-30(35)28(22-25-16-10-7-11-17-25)34-31(36)37-32(3,4)5/h7-21,24,28-29H,6,22-23H2,1-5H3,(H,33,35)(H,34,36)/t24-,28+,29+/m0/s1. The second-order valence-corrected chi connectivity index (χ2v) is 12.9. The van der Waals surface area contributed by atoms with E-state index in [0.717, 1.165) is 18.1 Å². The van der Waals surface area contributed by atoms with Gasteiger partial charge in [-0.3, -0.25) is 4.79 Å². The molecule has 3 rings (SSSR count). The zero-order valence-corrected chi connectivity index (χ0v) is 24.1. The highest BCUT2D eigenvalue weighted by molar-refractivity contribution is 7.73. The summed E-state index contributed by atoms with van der Waals surface area (Å²) in [6.45, 7) is 9.77. The van der Waals surface area contributed by atoms with Crippen molar-refractivity contribution >= 4 is 30.5 Å². The average molecular weight is 533 g/mol. The van der Waals surface area contributed by atoms with Gasteiger partial charge in [-0.15, -0.1) is 0 Å². The smallest absolute Gasteiger partial charge is 0.408 e. The van der Waals surface area contributed by atoms with E-state index in [9.17, 15) is 9.59 Å². The topological polar surface area (TPSA) is 67.4 Å². The van der Waals surface area contributed by atoms with Crippen LogP contribution in [0.2, 0.25) is 0 Å². The van der Waals surface area contributed by atoms with Crippen LogP contribution < -0.4 is 21.2 Å². The van der Waals surface area contributed by atoms with Gasteiger partial charge in [0.15, 0.2) is 0 Å². The Labute approximate surface area is 229 Å². The van der Waals surface area contributed by atoms with E-state index in [-0.39, 0.29) is 17.9 Å². The molecule has 0 aromatic heterocycles. The zero-order chi connectivity index (χ0) is 27.5. The molecule has 0 aliphatic carbocycles. The Kier molecular flexibility index (Phi) is 10.9. The van der Waals surface area contributed by atoms with Crippen LogP contribution in [0.4, 0.5) is 4.79 Å². The van der Waals surface area contributed by atoms with Crippen LogP contribution in [0.15, 0.2) is 91.0 Å². The predicted molar refractivity (Wildman–Crippen MR) is 159 cm³/mol. The normalized spacial score (nSPS) is 13.8. The lowest BCUT2D eigenvalue weighted by molar-refractivity contribution is -0.124. The first-order chi connectivity index (χ1) is 18.2. The van der Waals surface area contributed by atoms with E-state index in [0.29, 0.717) is 6.42 Å². The van der Waals surface area contributed by atoms with Crippen molar-refractivity contribution in [2.75, 3.05) is 6.16 Å². The first-order valence-corrected chi connectivity index (χ1v) is 14.9. The molecule has 0 heterocycles. The highest BCUT2D eigenvalue weighted by atomic mass is 31.1. The number of rotatable bonds is 11. The minimum absolute atomic E-state index is 0.0577. The maximum Gasteiger partial charge on any atom is 0.408 e. The molecule has 5 nitrogen and oxygen atoms in total. The second-order valence-electron chi connectivity index (χ2n) is 10.7. The van der Waals surface area contributed by atoms with Crippen LogP contribution in [0.1, 0.15) is 46.6 Å². The average Bonchev–Trinajstić information content (AvgIpc) is 2.90. The number of hydrogen-bond donors (Lipinski definition) is 2. The van der Waals surface area contributed by atoms with E-state index in [4.69, 9.17) is 4.74 Å². The summed E-state index contributed by atoms with van der Waals surface area (Å²) in [6, 6.07) is 30.0. The molecule has 2 amide bonds. The van der Waals surface area contributed by atoms with Gasteiger partial charge in [0, 0.05) is 12.5 Å². The highest BCUT2D eigenvalue weighted by Crippen LogP contribution is 2.36. The molecule has 0 aliphatic heterocycles. The second kappa shape index (κ2) is 14.1. The molecule has 0 fully saturated rings. The van der Waals surface area contributed by atoms with Gasteiger partial charge in [0.1, 0.15) is 11.6 Å². The molecule has 3 atom stereocenters. The van der Waals surface area contributed by atoms with Gasteiger partial charge in [-0.1, -0.05) is 111 Å². The van der Waals surface area contributed by atoms with Crippen molar-refractivity contribution in [2.24, 2.45) is 5.92 Å². The van der Waals surface area contributed by atoms with Crippen molar-refractivity contribution in [1.82, 2.24) is 10.6 Å². The Balaban J connectivity index is 1.85. The molecule has 0 saturated carbocycles. The third kappa shape index (κ3) is 9.29. The number of ether oxygens (including phenoxy) is 1. The van der Waals surface area contributed by atoms with Crippen LogP contribution >= 0.6 is 7.92 Å². The Morgan fingerprint density at radius 1 is 0.816 bits per heavy atom. The zero-order valence-electron chi connectivity index (χ0n) is 23.2. The Morgan fingerprint density at radius 2 is 1.32 bits per heavy atom. The van der Waals surface area contributed by atoms with E-state index >= 15 is 0 Å². The van der Waals surface area contributed by atoms with Gasteiger partial charge in [0.25, 0.3) is 0 Å². The van der Waals surface area contributed by atoms with Gasteiger partial charge in [0.2, 0.25) is 5.91 Å². The fourth-order valence-electron chi connectivity index (χ4n) is 4.22. The van der Waals surface area contributed by atoms with E-state index in [1.807, 2.05) is 63.2 Å². The van der Waals surface area contributed by atoms with Crippen LogP contribution in [-0.2, 0) is 16.0 Å². The Hall–Kier alpha value is -3.17. The lowest BCUT2D eigenvalue weighted by Crippen LogP contribution is -2.53. The van der Waals surface area contributed by atoms with E-state index in [1.54, 1.807) is 0 Å². The molecule has 0 aliphatic rings. The van der Waals surface area contributed by atoms with Crippen molar-refractivity contribution in [3.63, 3.8) is 0 Å². The van der Waals surface area contributed by atoms with Crippen LogP contribution in [0.5, 0.6) is 0 Å². The summed E-state index contributed by atoms with van der Waals surface area (Å²) in [5.41, 5.74) is 0.317. The third-order valence-corrected chi connectivity index (χ3v) is 9.07. The van der Waals surface area contributed by atoms with E-state index < -0.39 is 25.7 Å². The molecule has 3 aromatic carbocycles. The number of carbonyl (C=O) groups excluding carboxylic acids is 2. The molecule has 0 spiro atoms. The molecule has 0 radical (unpaired) electrons. The summed E-state index contributed by atoms with van der Waals surface area (Å²) in [7, 11) is -0.688. The Bertz CT molecular complexity index is 1090. The summed E-state index contributed by atoms with van der Waals surface area (Å²) in [5, 5.41) is 8.73. The lowest BCUT2D eigenvalue weighted by Gasteiger charge is -2.31. The lowest BCUT2D eigenvalue weighted by atomic mass is 9.99. The van der Waals surface area contributed by atoms with Crippen LogP contribution in [0, 0.1) is 5.92 Å². The quantitative estimate of drug-likeness (QED) is 0.308. The summed E-state index contributed by atoms with van der Waals surface area (Å²) >= 11 is 0. The SMILES string of the molecule is CC[C@H](C)[C@@H](CP(c1ccccc1)c1ccccc1)NC(=O)[C@@H](Cc1ccccc1)NC(=O)OC(C)(C)C. The number of nitrogens with one attached hydrogen (secondary N) is 2. The Morgan fingerprint density at radius 3 is 1.79 bits per heavy atom. The molecule has 38 heavy (non-hydrogen) atoms. The van der Waals surface area contributed by atoms with Gasteiger partial charge >= 0.3 is 6.09 Å². The molecule has 0 bridgehead atoms. The van der Waals surface area contributed by atoms with Crippen LogP contribution in [-0.4, -0.2) is 35.8 Å². The van der Waals surface area contributed by atoms with Gasteiger partial charge in [-0.2, -0.15) is 0 Å². The maximum absolute atomic E-state index is 13.8. The van der Waals surface area contributed by atoms with Crippen molar-refractivity contribution in [3.05, 3.63) is 96.6 Å². The summed E-state index contributed by atoms with van der Waals surface area (Å²) in [6.07, 6.45) is 1.53. The van der Waals surface area contributed by atoms with Crippen molar-refractivity contribution in [3.8, 4) is 0 Å². The molecule has 0 unspecified atom stereocenters. The summed E-state index contributed by atoms with van der Waals surface area (Å²) in [4.78, 5) is 26.4. The van der Waals surface area contributed by atoms with E-state index in [2.05, 4.69) is 73.0 Å². The largest absolute Gasteiger partial charge is 0.444 e. The van der Waals surface area contributed by atoms with Crippen molar-refractivity contribution in [2.45, 2.75) is 65.1 Å². The van der Waals surface area contributed by atoms with Crippen molar-refractivity contribution < 1.29 is 14.3 Å². The summed E-state index contributed by atoms with van der Waals surface area (Å²) < 4.78 is 5.48. The molecular formula is C32H41N2O3P. The first kappa shape index (κ1) is 29.4. The maximum atomic E-state index is 13.8. The molecule has 202 valence electrons. The minimum Gasteiger partial charge on any atom is -0.444 e. The molecular weight excluding hydrogens is 491 g/mol. The summed E-state index contributed by atoms with van der Waals surface area (Å²) in [5.74, 6) is 0.0661. The number of amides is 2. The van der Waals surface area contributed by atoms with Gasteiger partial charge in [-0.05, 0) is 56.9 Å². The molecule has 2 N–H and O–H groups in total. The van der Waals surface area contributed by atoms with E-state index in [1.165, 1.54) is 10.6 Å². The number of carbonyl (C=O) groups is 2. The predicted octanol–water partition coefficient (Wildman–Crippen LogP) is 5.79.